The second-order valence-corrected chi connectivity index (χ2v) is 6.48. The predicted octanol–water partition coefficient (Wildman–Crippen LogP) is 3.07. The zero-order valence-corrected chi connectivity index (χ0v) is 12.6. The number of hydrogen-bond acceptors (Lipinski definition) is 3. The van der Waals surface area contributed by atoms with Gasteiger partial charge in [-0.2, -0.15) is 0 Å². The van der Waals surface area contributed by atoms with Crippen molar-refractivity contribution in [3.63, 3.8) is 0 Å². The van der Waals surface area contributed by atoms with Crippen molar-refractivity contribution in [3.8, 4) is 0 Å². The summed E-state index contributed by atoms with van der Waals surface area (Å²) in [6, 6.07) is 7.94. The molecule has 20 heavy (non-hydrogen) atoms. The van der Waals surface area contributed by atoms with Gasteiger partial charge in [0.2, 0.25) is 0 Å². The normalized spacial score (nSPS) is 19.1. The van der Waals surface area contributed by atoms with Crippen molar-refractivity contribution in [2.45, 2.75) is 39.2 Å². The van der Waals surface area contributed by atoms with Crippen LogP contribution < -0.4 is 5.73 Å². The summed E-state index contributed by atoms with van der Waals surface area (Å²) in [6.07, 6.45) is 1.72. The Kier molecular flexibility index (Phi) is 4.21. The largest absolute Gasteiger partial charge is 0.444 e. The van der Waals surface area contributed by atoms with E-state index in [0.717, 1.165) is 31.6 Å². The summed E-state index contributed by atoms with van der Waals surface area (Å²) < 4.78 is 5.41. The van der Waals surface area contributed by atoms with Gasteiger partial charge in [-0.05, 0) is 51.2 Å². The molecule has 1 fully saturated rings. The van der Waals surface area contributed by atoms with Gasteiger partial charge in [-0.1, -0.05) is 18.2 Å². The van der Waals surface area contributed by atoms with Crippen molar-refractivity contribution in [3.05, 3.63) is 29.8 Å². The molecule has 0 radical (unpaired) electrons. The Hall–Kier alpha value is -1.71. The van der Waals surface area contributed by atoms with Gasteiger partial charge in [0.05, 0.1) is 0 Å². The standard InChI is InChI=1S/C16H24N2O2/c1-16(2,3)20-15(19)18-9-8-12(11-18)10-13-6-4-5-7-14(13)17/h4-7,12H,8-11,17H2,1-3H3. The fraction of sp³-hybridized carbons (Fsp3) is 0.562. The van der Waals surface area contributed by atoms with Gasteiger partial charge >= 0.3 is 6.09 Å². The van der Waals surface area contributed by atoms with Crippen LogP contribution in [0.15, 0.2) is 24.3 Å². The minimum absolute atomic E-state index is 0.207. The quantitative estimate of drug-likeness (QED) is 0.845. The van der Waals surface area contributed by atoms with Crippen LogP contribution in [0.3, 0.4) is 0 Å². The Morgan fingerprint density at radius 2 is 2.10 bits per heavy atom. The molecule has 1 aromatic carbocycles. The number of likely N-dealkylation sites (tertiary alicyclic amines) is 1. The average molecular weight is 276 g/mol. The number of amides is 1. The molecule has 2 rings (SSSR count). The third-order valence-corrected chi connectivity index (χ3v) is 3.50. The van der Waals surface area contributed by atoms with Crippen LogP contribution in [0.4, 0.5) is 10.5 Å². The zero-order valence-electron chi connectivity index (χ0n) is 12.6. The van der Waals surface area contributed by atoms with Gasteiger partial charge in [0.1, 0.15) is 5.60 Å². The third kappa shape index (κ3) is 3.89. The maximum absolute atomic E-state index is 12.0. The van der Waals surface area contributed by atoms with Crippen LogP contribution >= 0.6 is 0 Å². The van der Waals surface area contributed by atoms with Gasteiger partial charge < -0.3 is 15.4 Å². The van der Waals surface area contributed by atoms with Crippen molar-refractivity contribution in [1.82, 2.24) is 4.90 Å². The molecule has 0 aromatic heterocycles. The summed E-state index contributed by atoms with van der Waals surface area (Å²) in [5.41, 5.74) is 7.55. The van der Waals surface area contributed by atoms with Crippen molar-refractivity contribution >= 4 is 11.8 Å². The molecule has 1 aliphatic rings. The molecule has 1 heterocycles. The molecule has 2 N–H and O–H groups in total. The van der Waals surface area contributed by atoms with Gasteiger partial charge in [0.25, 0.3) is 0 Å². The van der Waals surface area contributed by atoms with Crippen molar-refractivity contribution in [2.24, 2.45) is 5.92 Å². The fourth-order valence-corrected chi connectivity index (χ4v) is 2.52. The van der Waals surface area contributed by atoms with Crippen LogP contribution in [0.1, 0.15) is 32.8 Å². The van der Waals surface area contributed by atoms with E-state index in [1.807, 2.05) is 39.0 Å². The number of nitrogens with zero attached hydrogens (tertiary/aromatic N) is 1. The van der Waals surface area contributed by atoms with E-state index in [0.29, 0.717) is 5.92 Å². The van der Waals surface area contributed by atoms with E-state index < -0.39 is 5.60 Å². The Labute approximate surface area is 120 Å². The van der Waals surface area contributed by atoms with E-state index in [9.17, 15) is 4.79 Å². The molecule has 0 bridgehead atoms. The number of hydrogen-bond donors (Lipinski definition) is 1. The lowest BCUT2D eigenvalue weighted by atomic mass is 9.97. The molecule has 1 aromatic rings. The number of carbonyl (C=O) groups excluding carboxylic acids is 1. The van der Waals surface area contributed by atoms with Gasteiger partial charge in [-0.25, -0.2) is 4.79 Å². The number of nitrogens with two attached hydrogens (primary N) is 1. The molecule has 4 nitrogen and oxygen atoms in total. The maximum atomic E-state index is 12.0. The van der Waals surface area contributed by atoms with Crippen LogP contribution in [-0.4, -0.2) is 29.7 Å². The second-order valence-electron chi connectivity index (χ2n) is 6.48. The highest BCUT2D eigenvalue weighted by Crippen LogP contribution is 2.24. The number of para-hydroxylation sites is 1. The number of anilines is 1. The predicted molar refractivity (Wildman–Crippen MR) is 80.5 cm³/mol. The Morgan fingerprint density at radius 3 is 2.75 bits per heavy atom. The molecule has 0 aliphatic carbocycles. The van der Waals surface area contributed by atoms with E-state index in [2.05, 4.69) is 6.07 Å². The number of carbonyl (C=O) groups is 1. The first kappa shape index (κ1) is 14.7. The SMILES string of the molecule is CC(C)(C)OC(=O)N1CCC(Cc2ccccc2N)C1. The maximum Gasteiger partial charge on any atom is 0.410 e. The van der Waals surface area contributed by atoms with Crippen LogP contribution in [0.2, 0.25) is 0 Å². The Balaban J connectivity index is 1.90. The van der Waals surface area contributed by atoms with E-state index in [4.69, 9.17) is 10.5 Å². The number of rotatable bonds is 2. The first-order valence-corrected chi connectivity index (χ1v) is 7.16. The minimum Gasteiger partial charge on any atom is -0.444 e. The number of nitrogen functional groups attached to an aromatic ring is 1. The fourth-order valence-electron chi connectivity index (χ4n) is 2.52. The summed E-state index contributed by atoms with van der Waals surface area (Å²) in [5, 5.41) is 0. The van der Waals surface area contributed by atoms with Crippen molar-refractivity contribution in [2.75, 3.05) is 18.8 Å². The molecule has 1 unspecified atom stereocenters. The van der Waals surface area contributed by atoms with Gasteiger partial charge in [-0.3, -0.25) is 0 Å². The van der Waals surface area contributed by atoms with Gasteiger partial charge in [-0.15, -0.1) is 0 Å². The van der Waals surface area contributed by atoms with Crippen molar-refractivity contribution < 1.29 is 9.53 Å². The van der Waals surface area contributed by atoms with E-state index in [1.54, 1.807) is 4.90 Å². The molecule has 0 saturated carbocycles. The monoisotopic (exact) mass is 276 g/mol. The average Bonchev–Trinajstić information content (AvgIpc) is 2.79. The Bertz CT molecular complexity index is 480. The first-order chi connectivity index (χ1) is 9.35. The molecule has 4 heteroatoms. The van der Waals surface area contributed by atoms with Crippen molar-refractivity contribution in [1.29, 1.82) is 0 Å². The van der Waals surface area contributed by atoms with Crippen LogP contribution in [0, 0.1) is 5.92 Å². The molecular formula is C16H24N2O2. The summed E-state index contributed by atoms with van der Waals surface area (Å²) in [5.74, 6) is 0.465. The van der Waals surface area contributed by atoms with E-state index >= 15 is 0 Å². The summed E-state index contributed by atoms with van der Waals surface area (Å²) >= 11 is 0. The molecule has 1 aliphatic heterocycles. The number of ether oxygens (including phenoxy) is 1. The van der Waals surface area contributed by atoms with Gasteiger partial charge in [0.15, 0.2) is 0 Å². The molecule has 0 spiro atoms. The highest BCUT2D eigenvalue weighted by Gasteiger charge is 2.29. The zero-order chi connectivity index (χ0) is 14.8. The van der Waals surface area contributed by atoms with Crippen LogP contribution in [-0.2, 0) is 11.2 Å². The second kappa shape index (κ2) is 5.73. The Morgan fingerprint density at radius 1 is 1.40 bits per heavy atom. The number of benzene rings is 1. The highest BCUT2D eigenvalue weighted by atomic mass is 16.6. The highest BCUT2D eigenvalue weighted by molar-refractivity contribution is 5.68. The lowest BCUT2D eigenvalue weighted by Crippen LogP contribution is -2.35. The van der Waals surface area contributed by atoms with E-state index in [-0.39, 0.29) is 6.09 Å². The third-order valence-electron chi connectivity index (χ3n) is 3.50. The molecule has 1 saturated heterocycles. The summed E-state index contributed by atoms with van der Waals surface area (Å²) in [6.45, 7) is 7.20. The summed E-state index contributed by atoms with van der Waals surface area (Å²) in [4.78, 5) is 13.8. The lowest BCUT2D eigenvalue weighted by Gasteiger charge is -2.24. The minimum atomic E-state index is -0.432. The van der Waals surface area contributed by atoms with Crippen LogP contribution in [0.5, 0.6) is 0 Å². The lowest BCUT2D eigenvalue weighted by molar-refractivity contribution is 0.0288. The smallest absolute Gasteiger partial charge is 0.410 e. The van der Waals surface area contributed by atoms with Crippen LogP contribution in [0.25, 0.3) is 0 Å². The molecule has 1 amide bonds. The topological polar surface area (TPSA) is 55.6 Å². The summed E-state index contributed by atoms with van der Waals surface area (Å²) in [7, 11) is 0. The molecular weight excluding hydrogens is 252 g/mol. The van der Waals surface area contributed by atoms with Gasteiger partial charge in [0, 0.05) is 18.8 Å². The first-order valence-electron chi connectivity index (χ1n) is 7.16. The molecule has 1 atom stereocenters. The molecule has 110 valence electrons. The van der Waals surface area contributed by atoms with E-state index in [1.165, 1.54) is 5.56 Å².